The van der Waals surface area contributed by atoms with Gasteiger partial charge in [0, 0.05) is 23.6 Å². The minimum Gasteiger partial charge on any atom is -0.326 e. The average molecular weight is 412 g/mol. The molecule has 0 saturated carbocycles. The lowest BCUT2D eigenvalue weighted by Crippen LogP contribution is -2.13. The van der Waals surface area contributed by atoms with E-state index in [-0.39, 0.29) is 17.8 Å². The minimum atomic E-state index is -0.370. The van der Waals surface area contributed by atoms with Crippen LogP contribution in [0.25, 0.3) is 16.2 Å². The van der Waals surface area contributed by atoms with Crippen LogP contribution in [0.2, 0.25) is 5.02 Å². The molecule has 28 heavy (non-hydrogen) atoms. The van der Waals surface area contributed by atoms with Crippen LogP contribution in [0.15, 0.2) is 53.9 Å². The summed E-state index contributed by atoms with van der Waals surface area (Å²) >= 11 is 7.47. The second-order valence-electron chi connectivity index (χ2n) is 5.94. The zero-order valence-corrected chi connectivity index (χ0v) is 16.2. The number of benzene rings is 2. The van der Waals surface area contributed by atoms with E-state index in [2.05, 4.69) is 20.7 Å². The highest BCUT2D eigenvalue weighted by Crippen LogP contribution is 2.27. The number of carbonyl (C=O) groups excluding carboxylic acids is 2. The fourth-order valence-corrected chi connectivity index (χ4v) is 3.73. The molecular weight excluding hydrogens is 398 g/mol. The first-order valence-electron chi connectivity index (χ1n) is 8.29. The van der Waals surface area contributed by atoms with Crippen LogP contribution in [0.3, 0.4) is 0 Å². The van der Waals surface area contributed by atoms with Gasteiger partial charge >= 0.3 is 0 Å². The molecule has 0 unspecified atom stereocenters. The molecule has 0 atom stereocenters. The van der Waals surface area contributed by atoms with E-state index in [1.807, 2.05) is 29.6 Å². The predicted octanol–water partition coefficient (Wildman–Crippen LogP) is 4.32. The lowest BCUT2D eigenvalue weighted by molar-refractivity contribution is -0.114. The SMILES string of the molecule is CC(=O)Nc1ccc(-c2csc3nc(NC(=O)c4ccccc4Cl)nn23)cc1. The van der Waals surface area contributed by atoms with E-state index in [1.54, 1.807) is 28.8 Å². The van der Waals surface area contributed by atoms with Crippen molar-refractivity contribution in [1.82, 2.24) is 14.6 Å². The summed E-state index contributed by atoms with van der Waals surface area (Å²) in [6.07, 6.45) is 0. The molecule has 0 radical (unpaired) electrons. The maximum Gasteiger partial charge on any atom is 0.259 e. The number of carbonyl (C=O) groups is 2. The number of nitrogens with one attached hydrogen (secondary N) is 2. The van der Waals surface area contributed by atoms with Crippen LogP contribution in [0.4, 0.5) is 11.6 Å². The van der Waals surface area contributed by atoms with Crippen molar-refractivity contribution in [3.63, 3.8) is 0 Å². The van der Waals surface area contributed by atoms with E-state index in [9.17, 15) is 9.59 Å². The molecule has 2 aromatic heterocycles. The zero-order chi connectivity index (χ0) is 19.7. The third-order valence-electron chi connectivity index (χ3n) is 3.93. The Labute approximate surface area is 169 Å². The molecule has 4 aromatic rings. The Morgan fingerprint density at radius 3 is 2.54 bits per heavy atom. The first-order chi connectivity index (χ1) is 13.5. The van der Waals surface area contributed by atoms with Gasteiger partial charge in [-0.1, -0.05) is 35.9 Å². The van der Waals surface area contributed by atoms with Crippen molar-refractivity contribution in [2.75, 3.05) is 10.6 Å². The molecule has 0 saturated heterocycles. The first-order valence-corrected chi connectivity index (χ1v) is 9.55. The molecule has 2 N–H and O–H groups in total. The standard InChI is InChI=1S/C19H14ClN5O2S/c1-11(26)21-13-8-6-12(7-9-13)16-10-28-19-23-18(24-25(16)19)22-17(27)14-4-2-3-5-15(14)20/h2-10H,1H3,(H,21,26)(H,22,24,27). The summed E-state index contributed by atoms with van der Waals surface area (Å²) in [6.45, 7) is 1.46. The predicted molar refractivity (Wildman–Crippen MR) is 110 cm³/mol. The molecule has 0 spiro atoms. The zero-order valence-electron chi connectivity index (χ0n) is 14.6. The maximum absolute atomic E-state index is 12.4. The summed E-state index contributed by atoms with van der Waals surface area (Å²) in [5.41, 5.74) is 2.82. The number of aromatic nitrogens is 3. The summed E-state index contributed by atoms with van der Waals surface area (Å²) in [5, 5.41) is 12.1. The van der Waals surface area contributed by atoms with Gasteiger partial charge in [0.2, 0.25) is 10.9 Å². The topological polar surface area (TPSA) is 88.4 Å². The van der Waals surface area contributed by atoms with Crippen LogP contribution in [0.1, 0.15) is 17.3 Å². The van der Waals surface area contributed by atoms with E-state index in [0.29, 0.717) is 21.2 Å². The van der Waals surface area contributed by atoms with Gasteiger partial charge in [-0.2, -0.15) is 4.98 Å². The molecule has 0 bridgehead atoms. The Bertz CT molecular complexity index is 1180. The monoisotopic (exact) mass is 411 g/mol. The van der Waals surface area contributed by atoms with Crippen LogP contribution < -0.4 is 10.6 Å². The van der Waals surface area contributed by atoms with E-state index in [1.165, 1.54) is 18.3 Å². The van der Waals surface area contributed by atoms with Crippen LogP contribution in [-0.4, -0.2) is 26.4 Å². The van der Waals surface area contributed by atoms with Gasteiger partial charge in [0.15, 0.2) is 0 Å². The second-order valence-corrected chi connectivity index (χ2v) is 7.19. The second kappa shape index (κ2) is 7.41. The van der Waals surface area contributed by atoms with Crippen molar-refractivity contribution in [1.29, 1.82) is 0 Å². The van der Waals surface area contributed by atoms with Crippen molar-refractivity contribution in [2.45, 2.75) is 6.92 Å². The van der Waals surface area contributed by atoms with Crippen LogP contribution in [0, 0.1) is 0 Å². The van der Waals surface area contributed by atoms with Crippen molar-refractivity contribution in [3.8, 4) is 11.3 Å². The third-order valence-corrected chi connectivity index (χ3v) is 5.07. The number of hydrogen-bond donors (Lipinski definition) is 2. The highest BCUT2D eigenvalue weighted by molar-refractivity contribution is 7.15. The molecule has 2 amide bonds. The summed E-state index contributed by atoms with van der Waals surface area (Å²) in [4.78, 5) is 28.5. The average Bonchev–Trinajstić information content (AvgIpc) is 3.22. The molecule has 4 rings (SSSR count). The number of nitrogens with zero attached hydrogens (tertiary/aromatic N) is 3. The van der Waals surface area contributed by atoms with Gasteiger partial charge in [0.25, 0.3) is 11.9 Å². The Morgan fingerprint density at radius 1 is 1.07 bits per heavy atom. The van der Waals surface area contributed by atoms with E-state index in [0.717, 1.165) is 11.3 Å². The maximum atomic E-state index is 12.4. The molecule has 2 aromatic carbocycles. The van der Waals surface area contributed by atoms with Crippen molar-refractivity contribution in [2.24, 2.45) is 0 Å². The Kier molecular flexibility index (Phi) is 4.81. The summed E-state index contributed by atoms with van der Waals surface area (Å²) in [6, 6.07) is 14.2. The van der Waals surface area contributed by atoms with Gasteiger partial charge in [-0.15, -0.1) is 16.4 Å². The first kappa shape index (κ1) is 18.1. The van der Waals surface area contributed by atoms with Crippen LogP contribution in [0.5, 0.6) is 0 Å². The van der Waals surface area contributed by atoms with Crippen molar-refractivity contribution < 1.29 is 9.59 Å². The molecule has 0 fully saturated rings. The molecule has 7 nitrogen and oxygen atoms in total. The Balaban J connectivity index is 1.59. The number of fused-ring (bicyclic) bond motifs is 1. The Morgan fingerprint density at radius 2 is 1.82 bits per heavy atom. The van der Waals surface area contributed by atoms with Crippen LogP contribution >= 0.6 is 22.9 Å². The van der Waals surface area contributed by atoms with Gasteiger partial charge in [-0.05, 0) is 24.3 Å². The molecule has 0 aliphatic rings. The fourth-order valence-electron chi connectivity index (χ4n) is 2.67. The van der Waals surface area contributed by atoms with Crippen molar-refractivity contribution in [3.05, 3.63) is 64.5 Å². The van der Waals surface area contributed by atoms with Crippen molar-refractivity contribution >= 4 is 51.3 Å². The van der Waals surface area contributed by atoms with E-state index in [4.69, 9.17) is 11.6 Å². The smallest absolute Gasteiger partial charge is 0.259 e. The van der Waals surface area contributed by atoms with Crippen LogP contribution in [-0.2, 0) is 4.79 Å². The Hall–Kier alpha value is -3.23. The van der Waals surface area contributed by atoms with Gasteiger partial charge in [-0.3, -0.25) is 14.9 Å². The number of hydrogen-bond acceptors (Lipinski definition) is 5. The summed E-state index contributed by atoms with van der Waals surface area (Å²) < 4.78 is 1.67. The summed E-state index contributed by atoms with van der Waals surface area (Å²) in [7, 11) is 0. The number of halogens is 1. The molecular formula is C19H14ClN5O2S. The number of anilines is 2. The van der Waals surface area contributed by atoms with E-state index < -0.39 is 0 Å². The van der Waals surface area contributed by atoms with Gasteiger partial charge in [-0.25, -0.2) is 4.52 Å². The highest BCUT2D eigenvalue weighted by atomic mass is 35.5. The molecule has 0 aliphatic heterocycles. The third kappa shape index (κ3) is 3.60. The number of amides is 2. The van der Waals surface area contributed by atoms with E-state index >= 15 is 0 Å². The minimum absolute atomic E-state index is 0.124. The largest absolute Gasteiger partial charge is 0.326 e. The molecule has 9 heteroatoms. The quantitative estimate of drug-likeness (QED) is 0.523. The normalized spacial score (nSPS) is 10.8. The van der Waals surface area contributed by atoms with Gasteiger partial charge < -0.3 is 5.32 Å². The summed E-state index contributed by atoms with van der Waals surface area (Å²) in [5.74, 6) is -0.293. The molecule has 2 heterocycles. The number of rotatable bonds is 4. The lowest BCUT2D eigenvalue weighted by atomic mass is 10.1. The highest BCUT2D eigenvalue weighted by Gasteiger charge is 2.15. The lowest BCUT2D eigenvalue weighted by Gasteiger charge is -2.04. The van der Waals surface area contributed by atoms with Gasteiger partial charge in [0.05, 0.1) is 16.3 Å². The fraction of sp³-hybridized carbons (Fsp3) is 0.0526. The molecule has 140 valence electrons. The molecule has 0 aliphatic carbocycles. The number of thiazole rings is 1. The van der Waals surface area contributed by atoms with Gasteiger partial charge in [0.1, 0.15) is 0 Å².